The fourth-order valence-electron chi connectivity index (χ4n) is 2.81. The second kappa shape index (κ2) is 8.57. The Balaban J connectivity index is 1.72. The molecule has 0 saturated heterocycles. The predicted octanol–water partition coefficient (Wildman–Crippen LogP) is 2.87. The number of benzene rings is 2. The molecular weight excluding hydrogens is 366 g/mol. The number of carbonyl (C=O) groups excluding carboxylic acids is 1. The van der Waals surface area contributed by atoms with E-state index in [0.29, 0.717) is 30.3 Å². The van der Waals surface area contributed by atoms with Crippen molar-refractivity contribution in [1.82, 2.24) is 5.32 Å². The van der Waals surface area contributed by atoms with Crippen molar-refractivity contribution in [2.24, 2.45) is 0 Å². The van der Waals surface area contributed by atoms with E-state index in [1.165, 1.54) is 12.1 Å². The maximum absolute atomic E-state index is 12.6. The molecule has 2 aromatic carbocycles. The molecule has 2 N–H and O–H groups in total. The van der Waals surface area contributed by atoms with Gasteiger partial charge in [0.2, 0.25) is 6.79 Å². The first-order chi connectivity index (χ1) is 13.5. The molecule has 3 rings (SSSR count). The van der Waals surface area contributed by atoms with Gasteiger partial charge in [0, 0.05) is 25.3 Å². The molecule has 1 aliphatic heterocycles. The summed E-state index contributed by atoms with van der Waals surface area (Å²) in [6.07, 6.45) is 0. The Morgan fingerprint density at radius 1 is 1.25 bits per heavy atom. The molecule has 0 spiro atoms. The first-order valence-corrected chi connectivity index (χ1v) is 8.71. The van der Waals surface area contributed by atoms with Crippen molar-refractivity contribution in [1.29, 1.82) is 0 Å². The summed E-state index contributed by atoms with van der Waals surface area (Å²) in [5, 5.41) is 17.1. The van der Waals surface area contributed by atoms with E-state index >= 15 is 0 Å². The van der Waals surface area contributed by atoms with Crippen LogP contribution in [0.15, 0.2) is 36.4 Å². The average molecular weight is 387 g/mol. The third kappa shape index (κ3) is 4.32. The summed E-state index contributed by atoms with van der Waals surface area (Å²) in [5.74, 6) is 0.881. The highest BCUT2D eigenvalue weighted by atomic mass is 16.7. The molecule has 0 saturated carbocycles. The van der Waals surface area contributed by atoms with Crippen LogP contribution in [0.2, 0.25) is 0 Å². The van der Waals surface area contributed by atoms with E-state index in [4.69, 9.17) is 14.2 Å². The Kier molecular flexibility index (Phi) is 5.95. The molecule has 0 bridgehead atoms. The van der Waals surface area contributed by atoms with E-state index in [1.807, 2.05) is 13.0 Å². The number of ether oxygens (including phenoxy) is 3. The van der Waals surface area contributed by atoms with Crippen LogP contribution in [-0.4, -0.2) is 37.9 Å². The number of fused-ring (bicyclic) bond motifs is 1. The Morgan fingerprint density at radius 3 is 2.79 bits per heavy atom. The molecule has 9 heteroatoms. The van der Waals surface area contributed by atoms with Gasteiger partial charge in [-0.2, -0.15) is 0 Å². The first-order valence-electron chi connectivity index (χ1n) is 8.71. The molecular formula is C19H21N3O6. The van der Waals surface area contributed by atoms with Gasteiger partial charge < -0.3 is 24.8 Å². The molecule has 0 aliphatic carbocycles. The fraction of sp³-hybridized carbons (Fsp3) is 0.316. The van der Waals surface area contributed by atoms with Crippen molar-refractivity contribution in [2.75, 3.05) is 32.4 Å². The summed E-state index contributed by atoms with van der Waals surface area (Å²) in [5.41, 5.74) is 1.21. The molecule has 0 aromatic heterocycles. The summed E-state index contributed by atoms with van der Waals surface area (Å²) in [6.45, 7) is 2.83. The van der Waals surface area contributed by atoms with Gasteiger partial charge in [-0.05, 0) is 36.8 Å². The lowest BCUT2D eigenvalue weighted by Crippen LogP contribution is -2.26. The van der Waals surface area contributed by atoms with E-state index in [1.54, 1.807) is 25.3 Å². The van der Waals surface area contributed by atoms with Crippen molar-refractivity contribution in [3.05, 3.63) is 57.6 Å². The second-order valence-electron chi connectivity index (χ2n) is 6.22. The Hall–Kier alpha value is -3.33. The Bertz CT molecular complexity index is 886. The van der Waals surface area contributed by atoms with E-state index in [2.05, 4.69) is 10.6 Å². The smallest absolute Gasteiger partial charge is 0.293 e. The molecule has 9 nitrogen and oxygen atoms in total. The summed E-state index contributed by atoms with van der Waals surface area (Å²) in [6, 6.07) is 9.43. The summed E-state index contributed by atoms with van der Waals surface area (Å²) < 4.78 is 15.6. The quantitative estimate of drug-likeness (QED) is 0.407. The number of anilines is 1. The van der Waals surface area contributed by atoms with Crippen LogP contribution in [0.3, 0.4) is 0 Å². The van der Waals surface area contributed by atoms with Crippen LogP contribution in [0.5, 0.6) is 11.5 Å². The van der Waals surface area contributed by atoms with Crippen molar-refractivity contribution >= 4 is 17.3 Å². The van der Waals surface area contributed by atoms with Crippen LogP contribution in [0.25, 0.3) is 0 Å². The van der Waals surface area contributed by atoms with Gasteiger partial charge in [-0.3, -0.25) is 14.9 Å². The topological polar surface area (TPSA) is 112 Å². The molecule has 0 radical (unpaired) electrons. The third-order valence-corrected chi connectivity index (χ3v) is 4.32. The van der Waals surface area contributed by atoms with Gasteiger partial charge in [0.05, 0.1) is 17.6 Å². The lowest BCUT2D eigenvalue weighted by atomic mass is 10.1. The zero-order chi connectivity index (χ0) is 20.1. The van der Waals surface area contributed by atoms with Crippen molar-refractivity contribution in [3.8, 4) is 11.5 Å². The molecule has 1 aliphatic rings. The van der Waals surface area contributed by atoms with Gasteiger partial charge in [0.15, 0.2) is 11.5 Å². The highest BCUT2D eigenvalue weighted by Crippen LogP contribution is 2.34. The standard InChI is InChI=1S/C19H21N3O6/c1-12(13-4-6-17-18(10-13)28-11-27-17)21-19(23)14-3-5-15(20-7-8-26-2)16(9-14)22(24)25/h3-6,9-10,12,20H,7-8,11H2,1-2H3,(H,21,23)/t12-/m0/s1. The minimum atomic E-state index is -0.521. The SMILES string of the molecule is COCCNc1ccc(C(=O)N[C@@H](C)c2ccc3c(c2)OCO3)cc1[N+](=O)[O-]. The number of amides is 1. The maximum Gasteiger partial charge on any atom is 0.293 e. The van der Waals surface area contributed by atoms with E-state index in [0.717, 1.165) is 5.56 Å². The van der Waals surface area contributed by atoms with Gasteiger partial charge in [-0.1, -0.05) is 6.07 Å². The molecule has 0 fully saturated rings. The van der Waals surface area contributed by atoms with Gasteiger partial charge in [0.25, 0.3) is 11.6 Å². The lowest BCUT2D eigenvalue weighted by molar-refractivity contribution is -0.384. The van der Waals surface area contributed by atoms with Crippen molar-refractivity contribution in [3.63, 3.8) is 0 Å². The minimum Gasteiger partial charge on any atom is -0.454 e. The van der Waals surface area contributed by atoms with Crippen LogP contribution >= 0.6 is 0 Å². The van der Waals surface area contributed by atoms with Crippen molar-refractivity contribution < 1.29 is 23.9 Å². The zero-order valence-corrected chi connectivity index (χ0v) is 15.6. The number of methoxy groups -OCH3 is 1. The van der Waals surface area contributed by atoms with Crippen LogP contribution in [-0.2, 0) is 4.74 Å². The minimum absolute atomic E-state index is 0.167. The predicted molar refractivity (Wildman–Crippen MR) is 102 cm³/mol. The summed E-state index contributed by atoms with van der Waals surface area (Å²) in [7, 11) is 1.55. The van der Waals surface area contributed by atoms with E-state index in [-0.39, 0.29) is 24.1 Å². The van der Waals surface area contributed by atoms with E-state index < -0.39 is 10.8 Å². The average Bonchev–Trinajstić information content (AvgIpc) is 3.15. The molecule has 1 amide bonds. The number of nitro groups is 1. The van der Waals surface area contributed by atoms with Crippen LogP contribution in [0.1, 0.15) is 28.9 Å². The molecule has 148 valence electrons. The number of rotatable bonds is 8. The molecule has 1 heterocycles. The highest BCUT2D eigenvalue weighted by molar-refractivity contribution is 5.96. The summed E-state index contributed by atoms with van der Waals surface area (Å²) in [4.78, 5) is 23.4. The number of carbonyl (C=O) groups is 1. The normalized spacial score (nSPS) is 13.1. The number of hydrogen-bond acceptors (Lipinski definition) is 7. The van der Waals surface area contributed by atoms with Gasteiger partial charge in [-0.15, -0.1) is 0 Å². The number of nitrogens with one attached hydrogen (secondary N) is 2. The molecule has 0 unspecified atom stereocenters. The number of hydrogen-bond donors (Lipinski definition) is 2. The second-order valence-corrected chi connectivity index (χ2v) is 6.22. The largest absolute Gasteiger partial charge is 0.454 e. The van der Waals surface area contributed by atoms with Crippen LogP contribution < -0.4 is 20.1 Å². The number of nitrogens with zero attached hydrogens (tertiary/aromatic N) is 1. The molecule has 1 atom stereocenters. The fourth-order valence-corrected chi connectivity index (χ4v) is 2.81. The number of nitro benzene ring substituents is 1. The summed E-state index contributed by atoms with van der Waals surface area (Å²) >= 11 is 0. The van der Waals surface area contributed by atoms with Crippen LogP contribution in [0.4, 0.5) is 11.4 Å². The third-order valence-electron chi connectivity index (χ3n) is 4.32. The van der Waals surface area contributed by atoms with Crippen LogP contribution in [0, 0.1) is 10.1 Å². The highest BCUT2D eigenvalue weighted by Gasteiger charge is 2.20. The zero-order valence-electron chi connectivity index (χ0n) is 15.6. The monoisotopic (exact) mass is 387 g/mol. The molecule has 2 aromatic rings. The van der Waals surface area contributed by atoms with Gasteiger partial charge >= 0.3 is 0 Å². The maximum atomic E-state index is 12.6. The first kappa shape index (κ1) is 19.4. The molecule has 28 heavy (non-hydrogen) atoms. The Labute approximate surface area is 161 Å². The van der Waals surface area contributed by atoms with Crippen molar-refractivity contribution in [2.45, 2.75) is 13.0 Å². The van der Waals surface area contributed by atoms with E-state index in [9.17, 15) is 14.9 Å². The van der Waals surface area contributed by atoms with Gasteiger partial charge in [-0.25, -0.2) is 0 Å². The van der Waals surface area contributed by atoms with Gasteiger partial charge in [0.1, 0.15) is 5.69 Å². The lowest BCUT2D eigenvalue weighted by Gasteiger charge is -2.15. The Morgan fingerprint density at radius 2 is 2.04 bits per heavy atom.